The molecule has 0 saturated carbocycles. The second-order valence-corrected chi connectivity index (χ2v) is 5.47. The van der Waals surface area contributed by atoms with Gasteiger partial charge in [-0.25, -0.2) is 0 Å². The number of nitrogens with zero attached hydrogens (tertiary/aromatic N) is 1. The number of aliphatic hydroxyl groups is 1. The van der Waals surface area contributed by atoms with Crippen LogP contribution < -0.4 is 5.32 Å². The summed E-state index contributed by atoms with van der Waals surface area (Å²) in [6.07, 6.45) is 0. The van der Waals surface area contributed by atoms with Gasteiger partial charge in [-0.2, -0.15) is 11.3 Å². The predicted molar refractivity (Wildman–Crippen MR) is 71.6 cm³/mol. The minimum Gasteiger partial charge on any atom is -0.384 e. The Kier molecular flexibility index (Phi) is 3.85. The number of nitrogens with one attached hydrogen (secondary N) is 1. The molecule has 0 amide bonds. The minimum absolute atomic E-state index is 0.494. The van der Waals surface area contributed by atoms with E-state index in [1.54, 1.807) is 11.3 Å². The van der Waals surface area contributed by atoms with Gasteiger partial charge >= 0.3 is 0 Å². The molecule has 18 heavy (non-hydrogen) atoms. The van der Waals surface area contributed by atoms with Crippen LogP contribution in [0, 0.1) is 13.8 Å². The molecule has 0 spiro atoms. The highest BCUT2D eigenvalue weighted by atomic mass is 32.1. The molecule has 0 aliphatic carbocycles. The van der Waals surface area contributed by atoms with Crippen molar-refractivity contribution in [2.75, 3.05) is 6.54 Å². The van der Waals surface area contributed by atoms with Crippen LogP contribution >= 0.6 is 11.3 Å². The third kappa shape index (κ3) is 2.80. The largest absolute Gasteiger partial charge is 0.384 e. The Morgan fingerprint density at radius 3 is 2.83 bits per heavy atom. The summed E-state index contributed by atoms with van der Waals surface area (Å²) in [5.74, 6) is 0.829. The summed E-state index contributed by atoms with van der Waals surface area (Å²) in [6, 6.07) is 1.95. The van der Waals surface area contributed by atoms with Crippen LogP contribution in [0.2, 0.25) is 0 Å². The van der Waals surface area contributed by atoms with Crippen LogP contribution in [0.1, 0.15) is 29.5 Å². The zero-order valence-corrected chi connectivity index (χ0v) is 11.7. The molecule has 0 bridgehead atoms. The van der Waals surface area contributed by atoms with E-state index in [1.807, 2.05) is 37.6 Å². The van der Waals surface area contributed by atoms with E-state index < -0.39 is 5.60 Å². The molecule has 0 saturated heterocycles. The summed E-state index contributed by atoms with van der Waals surface area (Å²) in [5.41, 5.74) is 2.06. The average molecular weight is 266 g/mol. The number of hydrogen-bond acceptors (Lipinski definition) is 5. The molecule has 0 aliphatic heterocycles. The topological polar surface area (TPSA) is 58.3 Å². The molecule has 0 aliphatic rings. The lowest BCUT2D eigenvalue weighted by Gasteiger charge is -2.22. The zero-order valence-electron chi connectivity index (χ0n) is 10.9. The molecule has 2 aromatic heterocycles. The lowest BCUT2D eigenvalue weighted by molar-refractivity contribution is 0.0570. The Labute approximate surface area is 111 Å². The first-order chi connectivity index (χ1) is 8.50. The first kappa shape index (κ1) is 13.3. The summed E-state index contributed by atoms with van der Waals surface area (Å²) in [5, 5.41) is 21.4. The van der Waals surface area contributed by atoms with E-state index in [2.05, 4.69) is 10.5 Å². The Balaban J connectivity index is 1.93. The molecule has 2 rings (SSSR count). The van der Waals surface area contributed by atoms with Gasteiger partial charge in [0.2, 0.25) is 0 Å². The van der Waals surface area contributed by atoms with Gasteiger partial charge in [0.25, 0.3) is 0 Å². The first-order valence-electron chi connectivity index (χ1n) is 5.88. The summed E-state index contributed by atoms with van der Waals surface area (Å²) >= 11 is 1.59. The van der Waals surface area contributed by atoms with Crippen LogP contribution in [0.25, 0.3) is 0 Å². The molecule has 2 N–H and O–H groups in total. The highest BCUT2D eigenvalue weighted by Gasteiger charge is 2.23. The Hall–Kier alpha value is -1.17. The number of aromatic nitrogens is 1. The zero-order chi connectivity index (χ0) is 13.2. The third-order valence-corrected chi connectivity index (χ3v) is 3.78. The van der Waals surface area contributed by atoms with E-state index in [9.17, 15) is 5.11 Å². The van der Waals surface area contributed by atoms with Gasteiger partial charge in [-0.3, -0.25) is 0 Å². The molecule has 0 fully saturated rings. The van der Waals surface area contributed by atoms with Crippen LogP contribution in [0.5, 0.6) is 0 Å². The van der Waals surface area contributed by atoms with Crippen molar-refractivity contribution in [3.8, 4) is 0 Å². The molecular weight excluding hydrogens is 248 g/mol. The van der Waals surface area contributed by atoms with E-state index in [0.29, 0.717) is 13.1 Å². The smallest absolute Gasteiger partial charge is 0.138 e. The fourth-order valence-corrected chi connectivity index (χ4v) is 2.64. The number of hydrogen-bond donors (Lipinski definition) is 2. The summed E-state index contributed by atoms with van der Waals surface area (Å²) < 4.78 is 5.10. The number of aryl methyl sites for hydroxylation is 2. The SMILES string of the molecule is Cc1noc(C)c1CNCC(C)(O)c1ccsc1. The van der Waals surface area contributed by atoms with Crippen LogP contribution in [-0.2, 0) is 12.1 Å². The highest BCUT2D eigenvalue weighted by Crippen LogP contribution is 2.22. The third-order valence-electron chi connectivity index (χ3n) is 3.10. The normalized spacial score (nSPS) is 14.7. The Morgan fingerprint density at radius 1 is 1.50 bits per heavy atom. The van der Waals surface area contributed by atoms with Gasteiger partial charge in [0.1, 0.15) is 5.76 Å². The van der Waals surface area contributed by atoms with E-state index in [-0.39, 0.29) is 0 Å². The van der Waals surface area contributed by atoms with Gasteiger partial charge in [0.15, 0.2) is 0 Å². The van der Waals surface area contributed by atoms with Gasteiger partial charge < -0.3 is 14.9 Å². The lowest BCUT2D eigenvalue weighted by atomic mass is 9.99. The van der Waals surface area contributed by atoms with Crippen molar-refractivity contribution < 1.29 is 9.63 Å². The molecule has 4 nitrogen and oxygen atoms in total. The first-order valence-corrected chi connectivity index (χ1v) is 6.82. The van der Waals surface area contributed by atoms with Crippen LogP contribution in [0.15, 0.2) is 21.3 Å². The van der Waals surface area contributed by atoms with Crippen LogP contribution in [0.4, 0.5) is 0 Å². The molecule has 1 atom stereocenters. The van der Waals surface area contributed by atoms with Crippen molar-refractivity contribution in [2.45, 2.75) is 32.9 Å². The Morgan fingerprint density at radius 2 is 2.28 bits per heavy atom. The summed E-state index contributed by atoms with van der Waals surface area (Å²) in [6.45, 7) is 6.78. The summed E-state index contributed by atoms with van der Waals surface area (Å²) in [4.78, 5) is 0. The van der Waals surface area contributed by atoms with Crippen molar-refractivity contribution in [3.63, 3.8) is 0 Å². The molecular formula is C13H18N2O2S. The van der Waals surface area contributed by atoms with Gasteiger partial charge in [-0.15, -0.1) is 0 Å². The van der Waals surface area contributed by atoms with Crippen LogP contribution in [-0.4, -0.2) is 16.8 Å². The molecule has 0 radical (unpaired) electrons. The molecule has 1 unspecified atom stereocenters. The lowest BCUT2D eigenvalue weighted by Crippen LogP contribution is -2.34. The van der Waals surface area contributed by atoms with Gasteiger partial charge in [0, 0.05) is 18.7 Å². The standard InChI is InChI=1S/C13H18N2O2S/c1-9-12(10(2)17-15-9)6-14-8-13(3,16)11-4-5-18-7-11/h4-5,7,14,16H,6,8H2,1-3H3. The quantitative estimate of drug-likeness (QED) is 0.872. The molecule has 5 heteroatoms. The average Bonchev–Trinajstić information content (AvgIpc) is 2.93. The molecule has 2 heterocycles. The maximum absolute atomic E-state index is 10.3. The minimum atomic E-state index is -0.848. The van der Waals surface area contributed by atoms with Gasteiger partial charge in [-0.1, -0.05) is 5.16 Å². The maximum Gasteiger partial charge on any atom is 0.138 e. The molecule has 98 valence electrons. The predicted octanol–water partition coefficient (Wildman–Crippen LogP) is 2.35. The van der Waals surface area contributed by atoms with Crippen molar-refractivity contribution in [3.05, 3.63) is 39.4 Å². The van der Waals surface area contributed by atoms with Gasteiger partial charge in [0.05, 0.1) is 11.3 Å². The van der Waals surface area contributed by atoms with Crippen molar-refractivity contribution in [1.82, 2.24) is 10.5 Å². The van der Waals surface area contributed by atoms with Crippen molar-refractivity contribution in [2.24, 2.45) is 0 Å². The number of rotatable bonds is 5. The summed E-state index contributed by atoms with van der Waals surface area (Å²) in [7, 11) is 0. The fourth-order valence-electron chi connectivity index (χ4n) is 1.86. The second-order valence-electron chi connectivity index (χ2n) is 4.69. The van der Waals surface area contributed by atoms with Crippen LogP contribution in [0.3, 0.4) is 0 Å². The Bertz CT molecular complexity index is 484. The monoisotopic (exact) mass is 266 g/mol. The molecule has 0 aromatic carbocycles. The fraction of sp³-hybridized carbons (Fsp3) is 0.462. The van der Waals surface area contributed by atoms with Gasteiger partial charge in [-0.05, 0) is 43.2 Å². The van der Waals surface area contributed by atoms with Crippen molar-refractivity contribution in [1.29, 1.82) is 0 Å². The van der Waals surface area contributed by atoms with E-state index >= 15 is 0 Å². The van der Waals surface area contributed by atoms with Crippen molar-refractivity contribution >= 4 is 11.3 Å². The van der Waals surface area contributed by atoms with E-state index in [4.69, 9.17) is 4.52 Å². The van der Waals surface area contributed by atoms with E-state index in [1.165, 1.54) is 0 Å². The molecule has 2 aromatic rings. The van der Waals surface area contributed by atoms with E-state index in [0.717, 1.165) is 22.6 Å². The maximum atomic E-state index is 10.3. The highest BCUT2D eigenvalue weighted by molar-refractivity contribution is 7.08. The number of thiophene rings is 1. The second kappa shape index (κ2) is 5.22.